The molecular weight excluding hydrogens is 699 g/mol. The number of H-pyrrole nitrogens is 2. The van der Waals surface area contributed by atoms with E-state index in [9.17, 15) is 26.4 Å². The van der Waals surface area contributed by atoms with Crippen LogP contribution in [0.3, 0.4) is 0 Å². The quantitative estimate of drug-likeness (QED) is 0.0591. The lowest BCUT2D eigenvalue weighted by molar-refractivity contribution is 0.0519. The van der Waals surface area contributed by atoms with E-state index < -0.39 is 31.9 Å². The van der Waals surface area contributed by atoms with Gasteiger partial charge in [0, 0.05) is 22.5 Å². The molecule has 6 N–H and O–H groups in total. The van der Waals surface area contributed by atoms with Crippen molar-refractivity contribution in [1.29, 1.82) is 0 Å². The number of hydroxylamine groups is 1. The Morgan fingerprint density at radius 3 is 1.55 bits per heavy atom. The number of hydrogen-bond acceptors (Lipinski definition) is 10. The number of ether oxygens (including phenoxy) is 1. The zero-order valence-electron chi connectivity index (χ0n) is 26.8. The van der Waals surface area contributed by atoms with Crippen molar-refractivity contribution < 1.29 is 36.4 Å². The number of carbonyl (C=O) groups excluding carboxylic acids is 2. The van der Waals surface area contributed by atoms with Crippen LogP contribution in [0, 0.1) is 0 Å². The number of esters is 1. The molecule has 0 unspecified atom stereocenters. The molecule has 0 fully saturated rings. The largest absolute Gasteiger partial charge is 0.461 e. The number of benzene rings is 4. The second kappa shape index (κ2) is 15.9. The van der Waals surface area contributed by atoms with Crippen molar-refractivity contribution in [1.82, 2.24) is 25.9 Å². The Morgan fingerprint density at radius 1 is 0.647 bits per heavy atom. The van der Waals surface area contributed by atoms with E-state index in [4.69, 9.17) is 9.94 Å². The van der Waals surface area contributed by atoms with Crippen molar-refractivity contribution in [2.45, 2.75) is 16.7 Å². The minimum Gasteiger partial charge on any atom is -0.461 e. The second-order valence-corrected chi connectivity index (χ2v) is 13.9. The Kier molecular flexibility index (Phi) is 11.2. The summed E-state index contributed by atoms with van der Waals surface area (Å²) in [7, 11) is -7.38. The highest BCUT2D eigenvalue weighted by Gasteiger charge is 2.17. The summed E-state index contributed by atoms with van der Waals surface area (Å²) in [6, 6.07) is 32.5. The molecule has 17 heteroatoms. The molecule has 0 bridgehead atoms. The van der Waals surface area contributed by atoms with E-state index in [0.717, 1.165) is 0 Å². The van der Waals surface area contributed by atoms with Gasteiger partial charge < -0.3 is 4.74 Å². The number of carbonyl (C=O) groups is 2. The molecule has 0 aliphatic rings. The maximum Gasteiger partial charge on any atom is 0.356 e. The maximum atomic E-state index is 12.4. The number of sulfonamides is 2. The van der Waals surface area contributed by atoms with Crippen molar-refractivity contribution in [2.24, 2.45) is 0 Å². The number of amides is 1. The third-order valence-corrected chi connectivity index (χ3v) is 9.72. The van der Waals surface area contributed by atoms with Gasteiger partial charge in [0.2, 0.25) is 0 Å². The number of anilines is 2. The first kappa shape index (κ1) is 36.0. The molecule has 2 aromatic heterocycles. The summed E-state index contributed by atoms with van der Waals surface area (Å²) in [4.78, 5) is 23.4. The van der Waals surface area contributed by atoms with Gasteiger partial charge >= 0.3 is 5.97 Å². The SMILES string of the molecule is CCOC(=O)c1cc(-c2cccc(NS(=O)(=O)c3ccccc3)c2)n[nH]1.O=C(NO)c1cc(-c2cccc(NS(=O)(=O)c3ccccc3)c2)n[nH]1. The highest BCUT2D eigenvalue weighted by molar-refractivity contribution is 7.93. The zero-order chi connectivity index (χ0) is 36.4. The molecule has 0 spiro atoms. The summed E-state index contributed by atoms with van der Waals surface area (Å²) < 4.78 is 59.5. The van der Waals surface area contributed by atoms with E-state index in [1.54, 1.807) is 97.9 Å². The van der Waals surface area contributed by atoms with Gasteiger partial charge in [-0.25, -0.2) is 27.1 Å². The van der Waals surface area contributed by atoms with Gasteiger partial charge in [0.05, 0.1) is 27.8 Å². The Bertz CT molecular complexity index is 2350. The first-order valence-electron chi connectivity index (χ1n) is 15.1. The zero-order valence-corrected chi connectivity index (χ0v) is 28.4. The Labute approximate surface area is 292 Å². The molecule has 0 atom stereocenters. The number of aromatic nitrogens is 4. The van der Waals surface area contributed by atoms with Gasteiger partial charge in [-0.2, -0.15) is 10.2 Å². The summed E-state index contributed by atoms with van der Waals surface area (Å²) in [6.45, 7) is 1.99. The van der Waals surface area contributed by atoms with Crippen molar-refractivity contribution in [2.75, 3.05) is 16.1 Å². The van der Waals surface area contributed by atoms with Crippen LogP contribution < -0.4 is 14.9 Å². The minimum absolute atomic E-state index is 0.0766. The van der Waals surface area contributed by atoms with Crippen LogP contribution in [0.2, 0.25) is 0 Å². The second-order valence-electron chi connectivity index (χ2n) is 10.5. The molecule has 0 saturated carbocycles. The summed E-state index contributed by atoms with van der Waals surface area (Å²) in [5.41, 5.74) is 4.76. The van der Waals surface area contributed by atoms with E-state index in [0.29, 0.717) is 33.9 Å². The summed E-state index contributed by atoms with van der Waals surface area (Å²) >= 11 is 0. The first-order valence-corrected chi connectivity index (χ1v) is 18.0. The van der Waals surface area contributed by atoms with Crippen LogP contribution in [0.5, 0.6) is 0 Å². The Morgan fingerprint density at radius 2 is 1.10 bits per heavy atom. The number of nitrogens with zero attached hydrogens (tertiary/aromatic N) is 2. The molecule has 6 aromatic rings. The summed E-state index contributed by atoms with van der Waals surface area (Å²) in [5, 5.41) is 21.8. The minimum atomic E-state index is -3.70. The smallest absolute Gasteiger partial charge is 0.356 e. The molecule has 51 heavy (non-hydrogen) atoms. The highest BCUT2D eigenvalue weighted by Crippen LogP contribution is 2.25. The molecule has 4 aromatic carbocycles. The van der Waals surface area contributed by atoms with Crippen LogP contribution in [0.1, 0.15) is 27.9 Å². The van der Waals surface area contributed by atoms with Gasteiger partial charge in [0.15, 0.2) is 0 Å². The van der Waals surface area contributed by atoms with E-state index in [-0.39, 0.29) is 27.8 Å². The predicted molar refractivity (Wildman–Crippen MR) is 188 cm³/mol. The average molecular weight is 730 g/mol. The fourth-order valence-electron chi connectivity index (χ4n) is 4.54. The van der Waals surface area contributed by atoms with Crippen molar-refractivity contribution in [3.05, 3.63) is 133 Å². The fourth-order valence-corrected chi connectivity index (χ4v) is 6.68. The number of aromatic amines is 2. The van der Waals surface area contributed by atoms with Crippen molar-refractivity contribution in [3.8, 4) is 22.5 Å². The molecule has 6 rings (SSSR count). The standard InChI is InChI=1S/C18H17N3O4S.C16H14N4O4S/c1-2-25-18(22)17-12-16(19-20-17)13-7-6-8-14(11-13)21-26(23,24)15-9-4-3-5-10-15;21-16(19-22)15-10-14(17-18-15)11-5-4-6-12(9-11)20-25(23,24)13-7-2-1-3-8-13/h3-12,21H,2H2,1H3,(H,19,20);1-10,20,22H,(H,17,18)(H,19,21). The van der Waals surface area contributed by atoms with Gasteiger partial charge in [0.25, 0.3) is 26.0 Å². The Balaban J connectivity index is 0.000000198. The molecule has 0 radical (unpaired) electrons. The molecule has 2 heterocycles. The predicted octanol–water partition coefficient (Wildman–Crippen LogP) is 5.05. The molecule has 1 amide bonds. The van der Waals surface area contributed by atoms with Crippen LogP contribution in [0.25, 0.3) is 22.5 Å². The average Bonchev–Trinajstić information content (AvgIpc) is 3.84. The van der Waals surface area contributed by atoms with E-state index in [2.05, 4.69) is 29.8 Å². The lowest BCUT2D eigenvalue weighted by Gasteiger charge is -2.09. The van der Waals surface area contributed by atoms with Gasteiger partial charge in [-0.3, -0.25) is 29.6 Å². The topological polar surface area (TPSA) is 225 Å². The summed E-state index contributed by atoms with van der Waals surface area (Å²) in [6.07, 6.45) is 0. The molecule has 0 aliphatic heterocycles. The molecule has 15 nitrogen and oxygen atoms in total. The third-order valence-electron chi connectivity index (χ3n) is 6.93. The van der Waals surface area contributed by atoms with E-state index >= 15 is 0 Å². The molecule has 0 aliphatic carbocycles. The van der Waals surface area contributed by atoms with Crippen molar-refractivity contribution >= 4 is 43.3 Å². The number of nitrogens with one attached hydrogen (secondary N) is 5. The lowest BCUT2D eigenvalue weighted by atomic mass is 10.1. The molecular formula is C34H31N7O8S2. The normalized spacial score (nSPS) is 11.1. The number of rotatable bonds is 11. The van der Waals surface area contributed by atoms with Gasteiger partial charge in [-0.15, -0.1) is 0 Å². The molecule has 0 saturated heterocycles. The highest BCUT2D eigenvalue weighted by atomic mass is 32.2. The van der Waals surface area contributed by atoms with Gasteiger partial charge in [-0.1, -0.05) is 60.7 Å². The van der Waals surface area contributed by atoms with E-state index in [1.165, 1.54) is 35.8 Å². The Hall–Kier alpha value is -6.30. The van der Waals surface area contributed by atoms with Crippen LogP contribution in [-0.2, 0) is 24.8 Å². The van der Waals surface area contributed by atoms with Gasteiger partial charge in [0.1, 0.15) is 11.4 Å². The number of hydrogen-bond donors (Lipinski definition) is 6. The lowest BCUT2D eigenvalue weighted by Crippen LogP contribution is -2.18. The van der Waals surface area contributed by atoms with Crippen LogP contribution in [0.4, 0.5) is 11.4 Å². The van der Waals surface area contributed by atoms with Gasteiger partial charge in [-0.05, 0) is 67.6 Å². The van der Waals surface area contributed by atoms with Crippen LogP contribution >= 0.6 is 0 Å². The fraction of sp³-hybridized carbons (Fsp3) is 0.0588. The van der Waals surface area contributed by atoms with Crippen LogP contribution in [-0.4, -0.2) is 60.9 Å². The first-order chi connectivity index (χ1) is 24.5. The maximum absolute atomic E-state index is 12.4. The monoisotopic (exact) mass is 729 g/mol. The molecule has 262 valence electrons. The van der Waals surface area contributed by atoms with Crippen molar-refractivity contribution in [3.63, 3.8) is 0 Å². The summed E-state index contributed by atoms with van der Waals surface area (Å²) in [5.74, 6) is -1.22. The van der Waals surface area contributed by atoms with Crippen LogP contribution in [0.15, 0.2) is 131 Å². The van der Waals surface area contributed by atoms with E-state index in [1.807, 2.05) is 0 Å². The third kappa shape index (κ3) is 9.24.